The van der Waals surface area contributed by atoms with Crippen LogP contribution in [0.5, 0.6) is 0 Å². The molecule has 1 atom stereocenters. The fourth-order valence-electron chi connectivity index (χ4n) is 2.35. The first kappa shape index (κ1) is 13.3. The van der Waals surface area contributed by atoms with Crippen molar-refractivity contribution in [2.45, 2.75) is 31.7 Å². The lowest BCUT2D eigenvalue weighted by molar-refractivity contribution is -0.142. The second-order valence-corrected chi connectivity index (χ2v) is 4.61. The van der Waals surface area contributed by atoms with Gasteiger partial charge in [-0.3, -0.25) is 9.59 Å². The maximum Gasteiger partial charge on any atom is 0.326 e. The van der Waals surface area contributed by atoms with Crippen LogP contribution in [0.4, 0.5) is 0 Å². The van der Waals surface area contributed by atoms with Crippen LogP contribution < -0.4 is 5.56 Å². The van der Waals surface area contributed by atoms with Crippen LogP contribution in [0.3, 0.4) is 0 Å². The van der Waals surface area contributed by atoms with E-state index in [0.717, 1.165) is 19.3 Å². The predicted octanol–water partition coefficient (Wildman–Crippen LogP) is 0.844. The number of carboxylic acid groups (broad SMARTS) is 1. The average Bonchev–Trinajstić information content (AvgIpc) is 2.64. The van der Waals surface area contributed by atoms with Crippen molar-refractivity contribution in [3.63, 3.8) is 0 Å². The Labute approximate surface area is 110 Å². The largest absolute Gasteiger partial charge is 0.480 e. The van der Waals surface area contributed by atoms with Gasteiger partial charge in [-0.25, -0.2) is 4.79 Å². The van der Waals surface area contributed by atoms with Crippen molar-refractivity contribution in [1.29, 1.82) is 0 Å². The van der Waals surface area contributed by atoms with E-state index in [-0.39, 0.29) is 5.56 Å². The van der Waals surface area contributed by atoms with Crippen LogP contribution in [-0.2, 0) is 4.79 Å². The summed E-state index contributed by atoms with van der Waals surface area (Å²) in [5.41, 5.74) is -0.489. The third-order valence-corrected chi connectivity index (χ3v) is 3.35. The van der Waals surface area contributed by atoms with Crippen molar-refractivity contribution in [3.8, 4) is 0 Å². The zero-order valence-corrected chi connectivity index (χ0v) is 10.5. The van der Waals surface area contributed by atoms with Gasteiger partial charge >= 0.3 is 5.97 Å². The highest BCUT2D eigenvalue weighted by Gasteiger charge is 2.32. The van der Waals surface area contributed by atoms with E-state index in [1.165, 1.54) is 17.2 Å². The molecule has 2 N–H and O–H groups in total. The molecule has 2 rings (SSSR count). The van der Waals surface area contributed by atoms with Crippen LogP contribution in [0.2, 0.25) is 0 Å². The van der Waals surface area contributed by atoms with Crippen molar-refractivity contribution in [2.75, 3.05) is 6.54 Å². The molecule has 1 aliphatic rings. The summed E-state index contributed by atoms with van der Waals surface area (Å²) in [5, 5.41) is 9.22. The van der Waals surface area contributed by atoms with E-state index in [4.69, 9.17) is 0 Å². The summed E-state index contributed by atoms with van der Waals surface area (Å²) in [6, 6.07) is 2.14. The monoisotopic (exact) mass is 264 g/mol. The van der Waals surface area contributed by atoms with E-state index < -0.39 is 23.5 Å². The summed E-state index contributed by atoms with van der Waals surface area (Å²) in [7, 11) is 0. The Balaban J connectivity index is 2.31. The fraction of sp³-hybridized carbons (Fsp3) is 0.462. The highest BCUT2D eigenvalue weighted by Crippen LogP contribution is 2.18. The quantitative estimate of drug-likeness (QED) is 0.828. The first-order valence-corrected chi connectivity index (χ1v) is 6.32. The smallest absolute Gasteiger partial charge is 0.326 e. The molecule has 1 unspecified atom stereocenters. The zero-order chi connectivity index (χ0) is 13.8. The number of aromatic amines is 1. The summed E-state index contributed by atoms with van der Waals surface area (Å²) in [5.74, 6) is -1.52. The molecule has 6 nitrogen and oxygen atoms in total. The molecular formula is C13H16N2O4. The third kappa shape index (κ3) is 2.83. The normalized spacial score (nSPS) is 19.8. The third-order valence-electron chi connectivity index (χ3n) is 3.35. The zero-order valence-electron chi connectivity index (χ0n) is 10.5. The van der Waals surface area contributed by atoms with Gasteiger partial charge in [-0.15, -0.1) is 0 Å². The minimum absolute atomic E-state index is 0.00403. The van der Waals surface area contributed by atoms with Crippen LogP contribution in [-0.4, -0.2) is 39.5 Å². The van der Waals surface area contributed by atoms with Gasteiger partial charge < -0.3 is 15.0 Å². The summed E-state index contributed by atoms with van der Waals surface area (Å²) < 4.78 is 0. The van der Waals surface area contributed by atoms with Gasteiger partial charge in [0.15, 0.2) is 0 Å². The van der Waals surface area contributed by atoms with E-state index in [1.54, 1.807) is 6.07 Å². The second kappa shape index (κ2) is 5.69. The molecular weight excluding hydrogens is 248 g/mol. The molecule has 0 aliphatic carbocycles. The molecule has 0 spiro atoms. The standard InChI is InChI=1S/C13H16N2O4/c16-11-9(5-4-7-14-11)12(17)15-8-3-1-2-6-10(15)13(18)19/h4-5,7,10H,1-3,6,8H2,(H,14,16)(H,18,19). The van der Waals surface area contributed by atoms with Gasteiger partial charge in [-0.1, -0.05) is 12.8 Å². The molecule has 1 aromatic heterocycles. The summed E-state index contributed by atoms with van der Waals surface area (Å²) in [4.78, 5) is 38.9. The maximum atomic E-state index is 12.3. The molecule has 19 heavy (non-hydrogen) atoms. The lowest BCUT2D eigenvalue weighted by Gasteiger charge is -2.26. The molecule has 1 saturated heterocycles. The molecule has 1 fully saturated rings. The van der Waals surface area contributed by atoms with E-state index >= 15 is 0 Å². The minimum atomic E-state index is -1.01. The number of hydrogen-bond donors (Lipinski definition) is 2. The van der Waals surface area contributed by atoms with Gasteiger partial charge in [-0.05, 0) is 25.0 Å². The molecule has 0 saturated carbocycles. The Bertz CT molecular complexity index is 537. The van der Waals surface area contributed by atoms with Gasteiger partial charge in [0.2, 0.25) is 0 Å². The predicted molar refractivity (Wildman–Crippen MR) is 68.0 cm³/mol. The van der Waals surface area contributed by atoms with Crippen LogP contribution in [0.1, 0.15) is 36.0 Å². The number of aromatic nitrogens is 1. The van der Waals surface area contributed by atoms with E-state index in [9.17, 15) is 19.5 Å². The number of carboxylic acids is 1. The Hall–Kier alpha value is -2.11. The molecule has 1 aliphatic heterocycles. The van der Waals surface area contributed by atoms with Crippen LogP contribution in [0.25, 0.3) is 0 Å². The Morgan fingerprint density at radius 3 is 2.79 bits per heavy atom. The second-order valence-electron chi connectivity index (χ2n) is 4.61. The lowest BCUT2D eigenvalue weighted by Crippen LogP contribution is -2.46. The van der Waals surface area contributed by atoms with Crippen LogP contribution >= 0.6 is 0 Å². The Morgan fingerprint density at radius 2 is 2.11 bits per heavy atom. The van der Waals surface area contributed by atoms with Gasteiger partial charge in [0.1, 0.15) is 11.6 Å². The SMILES string of the molecule is O=C(O)C1CCCCCN1C(=O)c1ccc[nH]c1=O. The van der Waals surface area contributed by atoms with Crippen molar-refractivity contribution >= 4 is 11.9 Å². The highest BCUT2D eigenvalue weighted by molar-refractivity contribution is 5.96. The molecule has 0 bridgehead atoms. The molecule has 1 aromatic rings. The number of hydrogen-bond acceptors (Lipinski definition) is 3. The number of carbonyl (C=O) groups is 2. The van der Waals surface area contributed by atoms with E-state index in [2.05, 4.69) is 4.98 Å². The first-order valence-electron chi connectivity index (χ1n) is 6.32. The molecule has 1 amide bonds. The van der Waals surface area contributed by atoms with Gasteiger partial charge in [0.05, 0.1) is 0 Å². The van der Waals surface area contributed by atoms with Crippen molar-refractivity contribution in [2.24, 2.45) is 0 Å². The van der Waals surface area contributed by atoms with Crippen molar-refractivity contribution < 1.29 is 14.7 Å². The number of rotatable bonds is 2. The number of amides is 1. The molecule has 0 radical (unpaired) electrons. The molecule has 6 heteroatoms. The first-order chi connectivity index (χ1) is 9.11. The highest BCUT2D eigenvalue weighted by atomic mass is 16.4. The number of nitrogens with one attached hydrogen (secondary N) is 1. The number of H-pyrrole nitrogens is 1. The Morgan fingerprint density at radius 1 is 1.32 bits per heavy atom. The van der Waals surface area contributed by atoms with Crippen LogP contribution in [0, 0.1) is 0 Å². The number of nitrogens with zero attached hydrogens (tertiary/aromatic N) is 1. The molecule has 0 aromatic carbocycles. The Kier molecular flexibility index (Phi) is 3.99. The fourth-order valence-corrected chi connectivity index (χ4v) is 2.35. The molecule has 102 valence electrons. The van der Waals surface area contributed by atoms with E-state index in [1.807, 2.05) is 0 Å². The summed E-state index contributed by atoms with van der Waals surface area (Å²) in [6.07, 6.45) is 4.33. The van der Waals surface area contributed by atoms with Gasteiger partial charge in [0, 0.05) is 12.7 Å². The van der Waals surface area contributed by atoms with Crippen molar-refractivity contribution in [1.82, 2.24) is 9.88 Å². The minimum Gasteiger partial charge on any atom is -0.480 e. The van der Waals surface area contributed by atoms with E-state index in [0.29, 0.717) is 13.0 Å². The number of carbonyl (C=O) groups excluding carboxylic acids is 1. The van der Waals surface area contributed by atoms with Gasteiger partial charge in [0.25, 0.3) is 11.5 Å². The number of likely N-dealkylation sites (tertiary alicyclic amines) is 1. The lowest BCUT2D eigenvalue weighted by atomic mass is 10.1. The maximum absolute atomic E-state index is 12.3. The van der Waals surface area contributed by atoms with Crippen LogP contribution in [0.15, 0.2) is 23.1 Å². The summed E-state index contributed by atoms with van der Waals surface area (Å²) >= 11 is 0. The number of aliphatic carboxylic acids is 1. The number of pyridine rings is 1. The average molecular weight is 264 g/mol. The van der Waals surface area contributed by atoms with Crippen molar-refractivity contribution in [3.05, 3.63) is 34.2 Å². The summed E-state index contributed by atoms with van der Waals surface area (Å²) in [6.45, 7) is 0.379. The molecule has 2 heterocycles. The van der Waals surface area contributed by atoms with Gasteiger partial charge in [-0.2, -0.15) is 0 Å². The topological polar surface area (TPSA) is 90.5 Å².